The van der Waals surface area contributed by atoms with Gasteiger partial charge in [-0.25, -0.2) is 0 Å². The van der Waals surface area contributed by atoms with Crippen LogP contribution in [0.5, 0.6) is 0 Å². The Labute approximate surface area is 136 Å². The van der Waals surface area contributed by atoms with Crippen LogP contribution >= 0.6 is 0 Å². The smallest absolute Gasteiger partial charge is 0.265 e. The van der Waals surface area contributed by atoms with E-state index in [0.29, 0.717) is 31.7 Å². The van der Waals surface area contributed by atoms with Crippen molar-refractivity contribution in [2.75, 3.05) is 32.2 Å². The molecule has 0 aromatic rings. The molecule has 0 heterocycles. The van der Waals surface area contributed by atoms with Crippen molar-refractivity contribution < 1.29 is 22.4 Å². The Morgan fingerprint density at radius 2 is 1.32 bits per heavy atom. The van der Waals surface area contributed by atoms with E-state index in [1.54, 1.807) is 0 Å². The zero-order chi connectivity index (χ0) is 17.3. The maximum atomic E-state index is 10.9. The Morgan fingerprint density at radius 3 is 1.73 bits per heavy atom. The molecule has 0 unspecified atom stereocenters. The van der Waals surface area contributed by atoms with Crippen molar-refractivity contribution in [3.8, 4) is 0 Å². The summed E-state index contributed by atoms with van der Waals surface area (Å²) in [6.45, 7) is 12.9. The molecule has 6 heteroatoms. The van der Waals surface area contributed by atoms with Gasteiger partial charge in [0.25, 0.3) is 10.1 Å². The third kappa shape index (κ3) is 13.5. The lowest BCUT2D eigenvalue weighted by Crippen LogP contribution is -2.25. The molecular formula is C16H34O5S. The molecule has 0 amide bonds. The summed E-state index contributed by atoms with van der Waals surface area (Å²) >= 11 is 0. The van der Waals surface area contributed by atoms with E-state index in [-0.39, 0.29) is 5.75 Å². The molecule has 0 spiro atoms. The predicted octanol–water partition coefficient (Wildman–Crippen LogP) is 3.54. The van der Waals surface area contributed by atoms with E-state index in [1.807, 2.05) is 13.8 Å². The first-order chi connectivity index (χ1) is 9.97. The van der Waals surface area contributed by atoms with Crippen molar-refractivity contribution in [3.63, 3.8) is 0 Å². The van der Waals surface area contributed by atoms with Gasteiger partial charge in [0.2, 0.25) is 0 Å². The molecule has 0 aliphatic heterocycles. The summed E-state index contributed by atoms with van der Waals surface area (Å²) in [5.74, 6) is -0.236. The van der Waals surface area contributed by atoms with E-state index >= 15 is 0 Å². The summed E-state index contributed by atoms with van der Waals surface area (Å²) in [6.07, 6.45) is 3.65. The summed E-state index contributed by atoms with van der Waals surface area (Å²) < 4.78 is 41.7. The molecule has 0 aromatic carbocycles. The van der Waals surface area contributed by atoms with Crippen LogP contribution in [0.25, 0.3) is 0 Å². The SMILES string of the molecule is CCC(C)(C)CCOCCCOCCC(C)(C)CS(=O)(=O)O. The van der Waals surface area contributed by atoms with E-state index < -0.39 is 15.5 Å². The molecule has 0 aliphatic rings. The van der Waals surface area contributed by atoms with Crippen LogP contribution < -0.4 is 0 Å². The second kappa shape index (κ2) is 9.85. The van der Waals surface area contributed by atoms with Crippen LogP contribution in [0.2, 0.25) is 0 Å². The minimum Gasteiger partial charge on any atom is -0.381 e. The summed E-state index contributed by atoms with van der Waals surface area (Å²) in [4.78, 5) is 0. The zero-order valence-corrected chi connectivity index (χ0v) is 15.7. The molecule has 0 rings (SSSR count). The quantitative estimate of drug-likeness (QED) is 0.411. The Balaban J connectivity index is 3.55. The van der Waals surface area contributed by atoms with Crippen LogP contribution in [-0.4, -0.2) is 45.2 Å². The van der Waals surface area contributed by atoms with E-state index in [4.69, 9.17) is 14.0 Å². The van der Waals surface area contributed by atoms with Crippen LogP contribution in [-0.2, 0) is 19.6 Å². The van der Waals surface area contributed by atoms with Gasteiger partial charge in [0.05, 0.1) is 5.75 Å². The van der Waals surface area contributed by atoms with Crippen molar-refractivity contribution in [2.45, 2.75) is 60.3 Å². The van der Waals surface area contributed by atoms with Gasteiger partial charge in [-0.3, -0.25) is 4.55 Å². The average Bonchev–Trinajstić information content (AvgIpc) is 2.33. The van der Waals surface area contributed by atoms with Gasteiger partial charge in [-0.15, -0.1) is 0 Å². The minimum atomic E-state index is -3.93. The highest BCUT2D eigenvalue weighted by Gasteiger charge is 2.24. The van der Waals surface area contributed by atoms with Gasteiger partial charge in [-0.2, -0.15) is 8.42 Å². The topological polar surface area (TPSA) is 72.8 Å². The standard InChI is InChI=1S/C16H34O5S/c1-6-15(2,3)8-12-20-10-7-11-21-13-9-16(4,5)14-22(17,18)19/h6-14H2,1-5H3,(H,17,18,19). The normalized spacial score (nSPS) is 13.5. The summed E-state index contributed by atoms with van der Waals surface area (Å²) in [5, 5.41) is 0. The molecule has 134 valence electrons. The lowest BCUT2D eigenvalue weighted by Gasteiger charge is -2.22. The highest BCUT2D eigenvalue weighted by molar-refractivity contribution is 7.85. The first kappa shape index (κ1) is 21.8. The van der Waals surface area contributed by atoms with Gasteiger partial charge in [-0.05, 0) is 30.1 Å². The number of rotatable bonds is 13. The van der Waals surface area contributed by atoms with E-state index in [0.717, 1.165) is 25.9 Å². The van der Waals surface area contributed by atoms with Gasteiger partial charge in [-0.1, -0.05) is 41.0 Å². The Kier molecular flexibility index (Phi) is 9.78. The van der Waals surface area contributed by atoms with Crippen LogP contribution in [0.15, 0.2) is 0 Å². The van der Waals surface area contributed by atoms with E-state index in [1.165, 1.54) is 0 Å². The first-order valence-corrected chi connectivity index (χ1v) is 9.69. The molecule has 0 aromatic heterocycles. The molecule has 0 fully saturated rings. The maximum Gasteiger partial charge on any atom is 0.265 e. The average molecular weight is 339 g/mol. The lowest BCUT2D eigenvalue weighted by atomic mass is 9.87. The fraction of sp³-hybridized carbons (Fsp3) is 1.00. The Morgan fingerprint density at radius 1 is 0.864 bits per heavy atom. The number of hydrogen-bond acceptors (Lipinski definition) is 4. The van der Waals surface area contributed by atoms with Crippen LogP contribution in [0, 0.1) is 10.8 Å². The van der Waals surface area contributed by atoms with E-state index in [9.17, 15) is 8.42 Å². The van der Waals surface area contributed by atoms with Crippen LogP contribution in [0.1, 0.15) is 60.3 Å². The Hall–Kier alpha value is -0.170. The van der Waals surface area contributed by atoms with Crippen molar-refractivity contribution >= 4 is 10.1 Å². The fourth-order valence-electron chi connectivity index (χ4n) is 1.91. The molecule has 0 bridgehead atoms. The highest BCUT2D eigenvalue weighted by atomic mass is 32.2. The third-order valence-electron chi connectivity index (χ3n) is 3.95. The molecule has 0 saturated carbocycles. The van der Waals surface area contributed by atoms with Gasteiger partial charge < -0.3 is 9.47 Å². The predicted molar refractivity (Wildman–Crippen MR) is 89.8 cm³/mol. The van der Waals surface area contributed by atoms with Crippen LogP contribution in [0.3, 0.4) is 0 Å². The van der Waals surface area contributed by atoms with Crippen molar-refractivity contribution in [1.82, 2.24) is 0 Å². The van der Waals surface area contributed by atoms with Crippen molar-refractivity contribution in [1.29, 1.82) is 0 Å². The van der Waals surface area contributed by atoms with E-state index in [2.05, 4.69) is 20.8 Å². The van der Waals surface area contributed by atoms with Crippen LogP contribution in [0.4, 0.5) is 0 Å². The summed E-state index contributed by atoms with van der Waals surface area (Å²) in [6, 6.07) is 0. The molecular weight excluding hydrogens is 304 g/mol. The molecule has 22 heavy (non-hydrogen) atoms. The third-order valence-corrected chi connectivity index (χ3v) is 5.10. The van der Waals surface area contributed by atoms with Crippen molar-refractivity contribution in [2.24, 2.45) is 10.8 Å². The molecule has 0 aliphatic carbocycles. The Bertz CT molecular complexity index is 387. The molecule has 0 saturated heterocycles. The second-order valence-electron chi connectivity index (χ2n) is 7.49. The summed E-state index contributed by atoms with van der Waals surface area (Å²) in [7, 11) is -3.93. The molecule has 5 nitrogen and oxygen atoms in total. The monoisotopic (exact) mass is 338 g/mol. The maximum absolute atomic E-state index is 10.9. The second-order valence-corrected chi connectivity index (χ2v) is 8.94. The lowest BCUT2D eigenvalue weighted by molar-refractivity contribution is 0.0621. The first-order valence-electron chi connectivity index (χ1n) is 8.08. The van der Waals surface area contributed by atoms with Crippen molar-refractivity contribution in [3.05, 3.63) is 0 Å². The molecule has 0 radical (unpaired) electrons. The van der Waals surface area contributed by atoms with Gasteiger partial charge >= 0.3 is 0 Å². The zero-order valence-electron chi connectivity index (χ0n) is 14.9. The fourth-order valence-corrected chi connectivity index (χ4v) is 3.04. The van der Waals surface area contributed by atoms with Gasteiger partial charge in [0, 0.05) is 26.4 Å². The number of hydrogen-bond donors (Lipinski definition) is 1. The van der Waals surface area contributed by atoms with Gasteiger partial charge in [0.1, 0.15) is 0 Å². The molecule has 0 atom stereocenters. The van der Waals surface area contributed by atoms with Gasteiger partial charge in [0.15, 0.2) is 0 Å². The largest absolute Gasteiger partial charge is 0.381 e. The summed E-state index contributed by atoms with van der Waals surface area (Å²) in [5.41, 5.74) is -0.134. The molecule has 1 N–H and O–H groups in total. The minimum absolute atomic E-state index is 0.236. The number of ether oxygens (including phenoxy) is 2. The highest BCUT2D eigenvalue weighted by Crippen LogP contribution is 2.24.